The molecule has 0 aromatic heterocycles. The molecule has 0 spiro atoms. The molecule has 1 atom stereocenters. The molecule has 1 amide bonds. The first-order chi connectivity index (χ1) is 12.0. The lowest BCUT2D eigenvalue weighted by molar-refractivity contribution is 0.100. The van der Waals surface area contributed by atoms with Gasteiger partial charge in [0.15, 0.2) is 0 Å². The summed E-state index contributed by atoms with van der Waals surface area (Å²) in [7, 11) is 0. The van der Waals surface area contributed by atoms with Crippen LogP contribution in [0, 0.1) is 17.6 Å². The molecule has 6 heteroatoms. The number of carbonyl (C=O) groups excluding carboxylic acids is 1. The summed E-state index contributed by atoms with van der Waals surface area (Å²) in [6.07, 6.45) is 3.79. The van der Waals surface area contributed by atoms with Crippen molar-refractivity contribution in [2.45, 2.75) is 31.7 Å². The van der Waals surface area contributed by atoms with Crippen molar-refractivity contribution in [3.8, 4) is 0 Å². The standard InChI is InChI=1S/C19H19ClF2N2O/c20-14-8-9-15(21)16(17(14)22)18(11-4-1-2-5-11)24-13-7-3-6-12(10-13)19(23)25/h3,6-11,18,24H,1-2,4-5H2,(H2,23,25)/t18-/m0/s1. The second-order valence-corrected chi connectivity index (χ2v) is 6.78. The van der Waals surface area contributed by atoms with Crippen molar-refractivity contribution in [2.24, 2.45) is 11.7 Å². The van der Waals surface area contributed by atoms with E-state index in [0.717, 1.165) is 25.7 Å². The number of benzene rings is 2. The number of nitrogens with two attached hydrogens (primary N) is 1. The number of anilines is 1. The van der Waals surface area contributed by atoms with E-state index in [0.29, 0.717) is 11.3 Å². The zero-order valence-electron chi connectivity index (χ0n) is 13.6. The molecule has 2 aromatic rings. The van der Waals surface area contributed by atoms with E-state index in [9.17, 15) is 13.6 Å². The molecule has 0 unspecified atom stereocenters. The highest BCUT2D eigenvalue weighted by Crippen LogP contribution is 2.40. The maximum atomic E-state index is 14.6. The molecule has 0 bridgehead atoms. The van der Waals surface area contributed by atoms with Gasteiger partial charge in [-0.25, -0.2) is 8.78 Å². The van der Waals surface area contributed by atoms with E-state index in [1.54, 1.807) is 24.3 Å². The zero-order chi connectivity index (χ0) is 18.0. The molecule has 1 saturated carbocycles. The minimum Gasteiger partial charge on any atom is -0.378 e. The molecule has 0 saturated heterocycles. The SMILES string of the molecule is NC(=O)c1cccc(N[C@H](c2c(F)ccc(Cl)c2F)C2CCCC2)c1. The first-order valence-electron chi connectivity index (χ1n) is 8.27. The molecule has 3 nitrogen and oxygen atoms in total. The summed E-state index contributed by atoms with van der Waals surface area (Å²) < 4.78 is 29.0. The van der Waals surface area contributed by atoms with Crippen LogP contribution in [0.3, 0.4) is 0 Å². The maximum Gasteiger partial charge on any atom is 0.248 e. The number of halogens is 3. The van der Waals surface area contributed by atoms with Gasteiger partial charge in [0.05, 0.1) is 11.1 Å². The molecule has 3 N–H and O–H groups in total. The fraction of sp³-hybridized carbons (Fsp3) is 0.316. The summed E-state index contributed by atoms with van der Waals surface area (Å²) in [5, 5.41) is 3.09. The zero-order valence-corrected chi connectivity index (χ0v) is 14.3. The largest absolute Gasteiger partial charge is 0.378 e. The molecule has 0 radical (unpaired) electrons. The number of primary amides is 1. The summed E-state index contributed by atoms with van der Waals surface area (Å²) >= 11 is 5.88. The molecule has 1 fully saturated rings. The number of hydrogen-bond acceptors (Lipinski definition) is 2. The lowest BCUT2D eigenvalue weighted by atomic mass is 9.90. The van der Waals surface area contributed by atoms with Gasteiger partial charge in [0.1, 0.15) is 11.6 Å². The Bertz CT molecular complexity index is 791. The molecule has 2 aromatic carbocycles. The third-order valence-corrected chi connectivity index (χ3v) is 5.02. The monoisotopic (exact) mass is 364 g/mol. The first kappa shape index (κ1) is 17.7. The van der Waals surface area contributed by atoms with Gasteiger partial charge in [-0.05, 0) is 49.1 Å². The lowest BCUT2D eigenvalue weighted by Crippen LogP contribution is -2.22. The van der Waals surface area contributed by atoms with Crippen LogP contribution in [0.1, 0.15) is 47.6 Å². The maximum absolute atomic E-state index is 14.6. The summed E-state index contributed by atoms with van der Waals surface area (Å²) in [6.45, 7) is 0. The fourth-order valence-corrected chi connectivity index (χ4v) is 3.65. The molecule has 25 heavy (non-hydrogen) atoms. The van der Waals surface area contributed by atoms with Gasteiger partial charge >= 0.3 is 0 Å². The minimum atomic E-state index is -0.739. The summed E-state index contributed by atoms with van der Waals surface area (Å²) in [6, 6.07) is 8.44. The highest BCUT2D eigenvalue weighted by atomic mass is 35.5. The van der Waals surface area contributed by atoms with Crippen LogP contribution in [0.15, 0.2) is 36.4 Å². The third kappa shape index (κ3) is 3.76. The van der Waals surface area contributed by atoms with Crippen LogP contribution in [0.4, 0.5) is 14.5 Å². The quantitative estimate of drug-likeness (QED) is 0.728. The summed E-state index contributed by atoms with van der Waals surface area (Å²) in [5.41, 5.74) is 6.18. The minimum absolute atomic E-state index is 0.0520. The van der Waals surface area contributed by atoms with Crippen LogP contribution in [-0.4, -0.2) is 5.91 Å². The first-order valence-corrected chi connectivity index (χ1v) is 8.65. The molecule has 0 heterocycles. The highest BCUT2D eigenvalue weighted by molar-refractivity contribution is 6.30. The Morgan fingerprint density at radius 3 is 2.60 bits per heavy atom. The van der Waals surface area contributed by atoms with Gasteiger partial charge < -0.3 is 11.1 Å². The average Bonchev–Trinajstić information content (AvgIpc) is 3.12. The second-order valence-electron chi connectivity index (χ2n) is 6.37. The predicted octanol–water partition coefficient (Wildman–Crippen LogP) is 5.06. The summed E-state index contributed by atoms with van der Waals surface area (Å²) in [4.78, 5) is 11.4. The van der Waals surface area contributed by atoms with Crippen LogP contribution >= 0.6 is 11.6 Å². The van der Waals surface area contributed by atoms with Crippen LogP contribution in [0.5, 0.6) is 0 Å². The number of carbonyl (C=O) groups is 1. The van der Waals surface area contributed by atoms with E-state index >= 15 is 0 Å². The van der Waals surface area contributed by atoms with Gasteiger partial charge in [0, 0.05) is 16.8 Å². The Labute approximate surface area is 150 Å². The van der Waals surface area contributed by atoms with Gasteiger partial charge in [0.25, 0.3) is 0 Å². The van der Waals surface area contributed by atoms with Gasteiger partial charge in [-0.1, -0.05) is 30.5 Å². The van der Waals surface area contributed by atoms with E-state index < -0.39 is 23.6 Å². The van der Waals surface area contributed by atoms with E-state index in [1.165, 1.54) is 12.1 Å². The Hall–Kier alpha value is -2.14. The second kappa shape index (κ2) is 7.40. The normalized spacial score (nSPS) is 16.0. The fourth-order valence-electron chi connectivity index (χ4n) is 3.49. The van der Waals surface area contributed by atoms with Crippen LogP contribution in [-0.2, 0) is 0 Å². The van der Waals surface area contributed by atoms with Gasteiger partial charge in [-0.15, -0.1) is 0 Å². The number of amides is 1. The molecular formula is C19H19ClF2N2O. The van der Waals surface area contributed by atoms with E-state index in [4.69, 9.17) is 17.3 Å². The van der Waals surface area contributed by atoms with Gasteiger partial charge in [-0.2, -0.15) is 0 Å². The topological polar surface area (TPSA) is 55.1 Å². The van der Waals surface area contributed by atoms with Crippen molar-refractivity contribution in [3.05, 3.63) is 64.2 Å². The highest BCUT2D eigenvalue weighted by Gasteiger charge is 2.31. The van der Waals surface area contributed by atoms with E-state index in [1.807, 2.05) is 0 Å². The van der Waals surface area contributed by atoms with Gasteiger partial charge in [-0.3, -0.25) is 4.79 Å². The molecule has 3 rings (SSSR count). The van der Waals surface area contributed by atoms with Crippen LogP contribution in [0.2, 0.25) is 5.02 Å². The molecular weight excluding hydrogens is 346 g/mol. The number of nitrogens with one attached hydrogen (secondary N) is 1. The Balaban J connectivity index is 2.01. The smallest absolute Gasteiger partial charge is 0.248 e. The molecule has 1 aliphatic carbocycles. The predicted molar refractivity (Wildman–Crippen MR) is 94.6 cm³/mol. The van der Waals surface area contributed by atoms with E-state index in [-0.39, 0.29) is 16.5 Å². The van der Waals surface area contributed by atoms with Gasteiger partial charge in [0.2, 0.25) is 5.91 Å². The Morgan fingerprint density at radius 1 is 1.20 bits per heavy atom. The van der Waals surface area contributed by atoms with Crippen molar-refractivity contribution >= 4 is 23.2 Å². The van der Waals surface area contributed by atoms with Crippen molar-refractivity contribution in [1.29, 1.82) is 0 Å². The van der Waals surface area contributed by atoms with Crippen LogP contribution in [0.25, 0.3) is 0 Å². The molecule has 132 valence electrons. The molecule has 1 aliphatic rings. The Morgan fingerprint density at radius 2 is 1.92 bits per heavy atom. The van der Waals surface area contributed by atoms with Crippen molar-refractivity contribution in [1.82, 2.24) is 0 Å². The van der Waals surface area contributed by atoms with Crippen molar-refractivity contribution in [2.75, 3.05) is 5.32 Å². The number of rotatable bonds is 5. The average molecular weight is 365 g/mol. The number of hydrogen-bond donors (Lipinski definition) is 2. The van der Waals surface area contributed by atoms with Crippen molar-refractivity contribution in [3.63, 3.8) is 0 Å². The third-order valence-electron chi connectivity index (χ3n) is 4.73. The van der Waals surface area contributed by atoms with Crippen molar-refractivity contribution < 1.29 is 13.6 Å². The molecule has 0 aliphatic heterocycles. The van der Waals surface area contributed by atoms with Crippen LogP contribution < -0.4 is 11.1 Å². The summed E-state index contributed by atoms with van der Waals surface area (Å²) in [5.74, 6) is -1.84. The Kier molecular flexibility index (Phi) is 5.23. The van der Waals surface area contributed by atoms with E-state index in [2.05, 4.69) is 5.32 Å². The lowest BCUT2D eigenvalue weighted by Gasteiger charge is -2.27.